The van der Waals surface area contributed by atoms with Gasteiger partial charge in [0.05, 0.1) is 0 Å². The molecule has 1 aliphatic rings. The Bertz CT molecular complexity index is 529. The third-order valence-electron chi connectivity index (χ3n) is 3.49. The minimum atomic E-state index is 0.740. The van der Waals surface area contributed by atoms with Crippen LogP contribution >= 0.6 is 0 Å². The summed E-state index contributed by atoms with van der Waals surface area (Å²) in [6.45, 7) is 7.56. The summed E-state index contributed by atoms with van der Waals surface area (Å²) in [5, 5.41) is 3.38. The first-order valence-electron chi connectivity index (χ1n) is 6.60. The molecule has 4 nitrogen and oxygen atoms in total. The van der Waals surface area contributed by atoms with Crippen LogP contribution in [0.5, 0.6) is 0 Å². The van der Waals surface area contributed by atoms with Crippen LogP contribution in [0.2, 0.25) is 0 Å². The summed E-state index contributed by atoms with van der Waals surface area (Å²) in [6.07, 6.45) is 1.09. The molecule has 2 aromatic rings. The molecule has 1 fully saturated rings. The van der Waals surface area contributed by atoms with Crippen molar-refractivity contribution < 1.29 is 4.42 Å². The van der Waals surface area contributed by atoms with Crippen molar-refractivity contribution in [1.82, 2.24) is 15.2 Å². The number of hydrogen-bond acceptors (Lipinski definition) is 4. The first-order chi connectivity index (χ1) is 8.81. The number of nitrogens with zero attached hydrogens (tertiary/aromatic N) is 2. The molecule has 1 aromatic carbocycles. The van der Waals surface area contributed by atoms with Gasteiger partial charge in [0, 0.05) is 39.6 Å². The predicted molar refractivity (Wildman–Crippen MR) is 71.8 cm³/mol. The van der Waals surface area contributed by atoms with Gasteiger partial charge in [-0.2, -0.15) is 0 Å². The molecule has 96 valence electrons. The molecule has 0 radical (unpaired) electrons. The van der Waals surface area contributed by atoms with Crippen LogP contribution in [0.25, 0.3) is 11.1 Å². The molecule has 0 saturated carbocycles. The van der Waals surface area contributed by atoms with Gasteiger partial charge in [0.1, 0.15) is 5.52 Å². The molecule has 4 heteroatoms. The minimum absolute atomic E-state index is 0.740. The molecule has 1 aliphatic heterocycles. The van der Waals surface area contributed by atoms with E-state index in [2.05, 4.69) is 27.3 Å². The Morgan fingerprint density at radius 1 is 1.33 bits per heavy atom. The standard InChI is InChI=1S/C14H19N3O/c1-11-16-13-10-12(2-3-14(13)18-11)4-7-17-8-5-15-6-9-17/h2-3,10,15H,4-9H2,1H3. The second-order valence-electron chi connectivity index (χ2n) is 4.88. The van der Waals surface area contributed by atoms with E-state index in [-0.39, 0.29) is 0 Å². The van der Waals surface area contributed by atoms with E-state index < -0.39 is 0 Å². The van der Waals surface area contributed by atoms with E-state index >= 15 is 0 Å². The topological polar surface area (TPSA) is 41.3 Å². The smallest absolute Gasteiger partial charge is 0.192 e. The van der Waals surface area contributed by atoms with Gasteiger partial charge in [0.2, 0.25) is 0 Å². The molecule has 1 aromatic heterocycles. The van der Waals surface area contributed by atoms with E-state index in [0.717, 1.165) is 56.1 Å². The third kappa shape index (κ3) is 2.54. The molecule has 3 rings (SSSR count). The Balaban J connectivity index is 1.66. The van der Waals surface area contributed by atoms with Crippen LogP contribution in [-0.2, 0) is 6.42 Å². The van der Waals surface area contributed by atoms with Crippen molar-refractivity contribution in [3.05, 3.63) is 29.7 Å². The Morgan fingerprint density at radius 2 is 2.17 bits per heavy atom. The molecule has 0 spiro atoms. The van der Waals surface area contributed by atoms with Gasteiger partial charge in [0.15, 0.2) is 11.5 Å². The fourth-order valence-corrected chi connectivity index (χ4v) is 2.47. The number of oxazole rings is 1. The van der Waals surface area contributed by atoms with E-state index in [9.17, 15) is 0 Å². The molecule has 1 N–H and O–H groups in total. The lowest BCUT2D eigenvalue weighted by Gasteiger charge is -2.27. The van der Waals surface area contributed by atoms with E-state index in [1.807, 2.05) is 13.0 Å². The zero-order chi connectivity index (χ0) is 12.4. The fraction of sp³-hybridized carbons (Fsp3) is 0.500. The molecule has 18 heavy (non-hydrogen) atoms. The molecule has 0 atom stereocenters. The molecule has 0 bridgehead atoms. The highest BCUT2D eigenvalue weighted by atomic mass is 16.3. The summed E-state index contributed by atoms with van der Waals surface area (Å²) in [5.41, 5.74) is 3.21. The molecule has 0 aliphatic carbocycles. The normalized spacial score (nSPS) is 17.4. The minimum Gasteiger partial charge on any atom is -0.441 e. The van der Waals surface area contributed by atoms with Gasteiger partial charge in [-0.25, -0.2) is 4.98 Å². The van der Waals surface area contributed by atoms with Crippen LogP contribution in [0.3, 0.4) is 0 Å². The van der Waals surface area contributed by atoms with Gasteiger partial charge in [0.25, 0.3) is 0 Å². The van der Waals surface area contributed by atoms with Gasteiger partial charge >= 0.3 is 0 Å². The molecule has 0 unspecified atom stereocenters. The lowest BCUT2D eigenvalue weighted by atomic mass is 10.1. The summed E-state index contributed by atoms with van der Waals surface area (Å²) in [6, 6.07) is 6.33. The Kier molecular flexibility index (Phi) is 3.30. The van der Waals surface area contributed by atoms with Gasteiger partial charge in [-0.05, 0) is 24.1 Å². The van der Waals surface area contributed by atoms with Crippen molar-refractivity contribution in [2.75, 3.05) is 32.7 Å². The van der Waals surface area contributed by atoms with E-state index in [1.165, 1.54) is 5.56 Å². The Labute approximate surface area is 107 Å². The number of fused-ring (bicyclic) bond motifs is 1. The first kappa shape index (κ1) is 11.7. The maximum atomic E-state index is 5.49. The van der Waals surface area contributed by atoms with Crippen LogP contribution in [0, 0.1) is 6.92 Å². The van der Waals surface area contributed by atoms with Crippen molar-refractivity contribution >= 4 is 11.1 Å². The van der Waals surface area contributed by atoms with Gasteiger partial charge < -0.3 is 14.6 Å². The van der Waals surface area contributed by atoms with Crippen LogP contribution in [-0.4, -0.2) is 42.6 Å². The number of aryl methyl sites for hydroxylation is 1. The van der Waals surface area contributed by atoms with Crippen LogP contribution in [0.1, 0.15) is 11.5 Å². The van der Waals surface area contributed by atoms with Crippen molar-refractivity contribution in [2.24, 2.45) is 0 Å². The lowest BCUT2D eigenvalue weighted by Crippen LogP contribution is -2.44. The fourth-order valence-electron chi connectivity index (χ4n) is 2.47. The zero-order valence-corrected chi connectivity index (χ0v) is 10.8. The Morgan fingerprint density at radius 3 is 3.00 bits per heavy atom. The molecular formula is C14H19N3O. The van der Waals surface area contributed by atoms with Crippen molar-refractivity contribution in [3.8, 4) is 0 Å². The van der Waals surface area contributed by atoms with E-state index in [1.54, 1.807) is 0 Å². The van der Waals surface area contributed by atoms with Crippen molar-refractivity contribution in [1.29, 1.82) is 0 Å². The highest BCUT2D eigenvalue weighted by Gasteiger charge is 2.09. The average Bonchev–Trinajstić information content (AvgIpc) is 2.77. The Hall–Kier alpha value is -1.39. The monoisotopic (exact) mass is 245 g/mol. The number of rotatable bonds is 3. The largest absolute Gasteiger partial charge is 0.441 e. The summed E-state index contributed by atoms with van der Waals surface area (Å²) < 4.78 is 5.49. The molecular weight excluding hydrogens is 226 g/mol. The summed E-state index contributed by atoms with van der Waals surface area (Å²) in [7, 11) is 0. The van der Waals surface area contributed by atoms with Gasteiger partial charge in [-0.1, -0.05) is 6.07 Å². The maximum absolute atomic E-state index is 5.49. The first-order valence-corrected chi connectivity index (χ1v) is 6.60. The third-order valence-corrected chi connectivity index (χ3v) is 3.49. The zero-order valence-electron chi connectivity index (χ0n) is 10.8. The average molecular weight is 245 g/mol. The highest BCUT2D eigenvalue weighted by molar-refractivity contribution is 5.73. The predicted octanol–water partition coefficient (Wildman–Crippen LogP) is 1.58. The quantitative estimate of drug-likeness (QED) is 0.891. The second kappa shape index (κ2) is 5.08. The van der Waals surface area contributed by atoms with Crippen LogP contribution < -0.4 is 5.32 Å². The van der Waals surface area contributed by atoms with Crippen molar-refractivity contribution in [3.63, 3.8) is 0 Å². The van der Waals surface area contributed by atoms with Gasteiger partial charge in [-0.15, -0.1) is 0 Å². The second-order valence-corrected chi connectivity index (χ2v) is 4.88. The molecule has 1 saturated heterocycles. The van der Waals surface area contributed by atoms with Gasteiger partial charge in [-0.3, -0.25) is 0 Å². The van der Waals surface area contributed by atoms with E-state index in [0.29, 0.717) is 0 Å². The number of piperazine rings is 1. The van der Waals surface area contributed by atoms with E-state index in [4.69, 9.17) is 4.42 Å². The summed E-state index contributed by atoms with van der Waals surface area (Å²) >= 11 is 0. The van der Waals surface area contributed by atoms with Crippen LogP contribution in [0.4, 0.5) is 0 Å². The number of aromatic nitrogens is 1. The molecule has 0 amide bonds. The number of nitrogens with one attached hydrogen (secondary N) is 1. The summed E-state index contributed by atoms with van der Waals surface area (Å²) in [5.74, 6) is 0.740. The number of benzene rings is 1. The highest BCUT2D eigenvalue weighted by Crippen LogP contribution is 2.17. The molecule has 2 heterocycles. The lowest BCUT2D eigenvalue weighted by molar-refractivity contribution is 0.244. The van der Waals surface area contributed by atoms with Crippen LogP contribution in [0.15, 0.2) is 22.6 Å². The SMILES string of the molecule is Cc1nc2cc(CCN3CCNCC3)ccc2o1. The maximum Gasteiger partial charge on any atom is 0.192 e. The number of hydrogen-bond donors (Lipinski definition) is 1. The van der Waals surface area contributed by atoms with Crippen molar-refractivity contribution in [2.45, 2.75) is 13.3 Å². The summed E-state index contributed by atoms with van der Waals surface area (Å²) in [4.78, 5) is 6.89.